The second kappa shape index (κ2) is 10.6. The Balaban J connectivity index is 0.000000672. The third-order valence-electron chi connectivity index (χ3n) is 7.34. The molecule has 3 saturated heterocycles. The number of aryl methyl sites for hydroxylation is 1. The summed E-state index contributed by atoms with van der Waals surface area (Å²) in [6, 6.07) is 9.31. The number of halogens is 2. The number of piperazine rings is 1. The van der Waals surface area contributed by atoms with E-state index in [1.165, 1.54) is 11.1 Å². The molecule has 4 heterocycles. The first kappa shape index (κ1) is 25.5. The van der Waals surface area contributed by atoms with E-state index in [2.05, 4.69) is 51.2 Å². The van der Waals surface area contributed by atoms with Gasteiger partial charge < -0.3 is 15.7 Å². The van der Waals surface area contributed by atoms with Crippen LogP contribution in [-0.4, -0.2) is 94.2 Å². The summed E-state index contributed by atoms with van der Waals surface area (Å²) in [6.07, 6.45) is 3.58. The first-order valence-corrected chi connectivity index (χ1v) is 12.4. The summed E-state index contributed by atoms with van der Waals surface area (Å²) in [4.78, 5) is 15.9. The van der Waals surface area contributed by atoms with E-state index in [0.717, 1.165) is 58.2 Å². The molecule has 3 N–H and O–H groups in total. The minimum Gasteiger partial charge on any atom is -0.481 e. The molecule has 1 aromatic carbocycles. The van der Waals surface area contributed by atoms with Crippen LogP contribution in [0.2, 0.25) is 0 Å². The van der Waals surface area contributed by atoms with Crippen LogP contribution in [0.5, 0.6) is 0 Å². The largest absolute Gasteiger partial charge is 0.481 e. The number of nitrogens with zero attached hydrogens (tertiary/aromatic N) is 5. The van der Waals surface area contributed by atoms with Crippen molar-refractivity contribution in [1.82, 2.24) is 14.7 Å². The number of piperidine rings is 1. The SMILES string of the molecule is CC(=O)O.Cc1ccc(C[C@H]2CN3CC(F)(F)C[C@H]3CN2C2CCN(C3=NN=C(N)C3)CC2)cc1. The summed E-state index contributed by atoms with van der Waals surface area (Å²) in [6.45, 7) is 6.40. The van der Waals surface area contributed by atoms with Gasteiger partial charge in [-0.1, -0.05) is 29.8 Å². The van der Waals surface area contributed by atoms with Crippen molar-refractivity contribution < 1.29 is 18.7 Å². The number of benzene rings is 1. The van der Waals surface area contributed by atoms with Crippen LogP contribution in [0, 0.1) is 6.92 Å². The lowest BCUT2D eigenvalue weighted by Gasteiger charge is -2.49. The normalized spacial score (nSPS) is 27.0. The second-order valence-corrected chi connectivity index (χ2v) is 10.2. The molecule has 0 amide bonds. The number of rotatable bonds is 3. The van der Waals surface area contributed by atoms with Crippen LogP contribution >= 0.6 is 0 Å². The Morgan fingerprint density at radius 1 is 1.14 bits per heavy atom. The van der Waals surface area contributed by atoms with Gasteiger partial charge >= 0.3 is 0 Å². The number of amidine groups is 2. The minimum absolute atomic E-state index is 0.00693. The van der Waals surface area contributed by atoms with Crippen LogP contribution in [0.15, 0.2) is 34.5 Å². The number of likely N-dealkylation sites (tertiary alicyclic amines) is 1. The lowest BCUT2D eigenvalue weighted by molar-refractivity contribution is -0.134. The number of hydrogen-bond donors (Lipinski definition) is 2. The van der Waals surface area contributed by atoms with E-state index in [0.29, 0.717) is 18.3 Å². The number of nitrogens with two attached hydrogens (primary N) is 1. The number of fused-ring (bicyclic) bond motifs is 1. The molecule has 1 aromatic rings. The van der Waals surface area contributed by atoms with Gasteiger partial charge in [-0.3, -0.25) is 14.6 Å². The van der Waals surface area contributed by atoms with E-state index in [9.17, 15) is 8.78 Å². The van der Waals surface area contributed by atoms with Gasteiger partial charge in [-0.25, -0.2) is 8.78 Å². The van der Waals surface area contributed by atoms with Crippen molar-refractivity contribution in [1.29, 1.82) is 0 Å². The maximum atomic E-state index is 14.2. The third kappa shape index (κ3) is 6.55. The van der Waals surface area contributed by atoms with E-state index in [1.54, 1.807) is 0 Å². The van der Waals surface area contributed by atoms with Crippen LogP contribution < -0.4 is 5.73 Å². The topological polar surface area (TPSA) is 97.8 Å². The Hall–Kier alpha value is -2.59. The number of carbonyl (C=O) groups is 1. The number of aliphatic carboxylic acids is 1. The lowest BCUT2D eigenvalue weighted by atomic mass is 9.93. The molecule has 4 aliphatic heterocycles. The highest BCUT2D eigenvalue weighted by Gasteiger charge is 2.49. The highest BCUT2D eigenvalue weighted by molar-refractivity contribution is 6.04. The Morgan fingerprint density at radius 3 is 2.40 bits per heavy atom. The fourth-order valence-corrected chi connectivity index (χ4v) is 5.74. The Bertz CT molecular complexity index is 955. The van der Waals surface area contributed by atoms with Crippen molar-refractivity contribution in [3.63, 3.8) is 0 Å². The molecule has 0 saturated carbocycles. The molecule has 2 atom stereocenters. The molecule has 5 rings (SSSR count). The maximum Gasteiger partial charge on any atom is 0.300 e. The van der Waals surface area contributed by atoms with Gasteiger partial charge in [0.05, 0.1) is 13.0 Å². The first-order chi connectivity index (χ1) is 16.6. The highest BCUT2D eigenvalue weighted by Crippen LogP contribution is 2.37. The van der Waals surface area contributed by atoms with Gasteiger partial charge in [-0.2, -0.15) is 0 Å². The molecule has 192 valence electrons. The molecule has 0 aromatic heterocycles. The Labute approximate surface area is 205 Å². The van der Waals surface area contributed by atoms with Gasteiger partial charge in [0.2, 0.25) is 0 Å². The average molecular weight is 491 g/mol. The number of carboxylic acid groups (broad SMARTS) is 1. The van der Waals surface area contributed by atoms with Crippen molar-refractivity contribution in [2.75, 3.05) is 32.7 Å². The fourth-order valence-electron chi connectivity index (χ4n) is 5.74. The molecule has 0 bridgehead atoms. The number of carboxylic acids is 1. The monoisotopic (exact) mass is 490 g/mol. The smallest absolute Gasteiger partial charge is 0.300 e. The average Bonchev–Trinajstić information content (AvgIpc) is 3.35. The van der Waals surface area contributed by atoms with Crippen molar-refractivity contribution in [3.8, 4) is 0 Å². The van der Waals surface area contributed by atoms with Crippen LogP contribution in [0.4, 0.5) is 8.78 Å². The zero-order valence-corrected chi connectivity index (χ0v) is 20.5. The number of hydrogen-bond acceptors (Lipinski definition) is 7. The van der Waals surface area contributed by atoms with E-state index >= 15 is 0 Å². The molecule has 8 nitrogen and oxygen atoms in total. The van der Waals surface area contributed by atoms with Crippen molar-refractivity contribution in [2.24, 2.45) is 15.9 Å². The van der Waals surface area contributed by atoms with Gasteiger partial charge in [0.15, 0.2) is 0 Å². The molecule has 0 aliphatic carbocycles. The van der Waals surface area contributed by atoms with Gasteiger partial charge in [-0.15, -0.1) is 10.2 Å². The Kier molecular flexibility index (Phi) is 7.70. The quantitative estimate of drug-likeness (QED) is 0.676. The number of alkyl halides is 2. The minimum atomic E-state index is -2.56. The predicted octanol–water partition coefficient (Wildman–Crippen LogP) is 2.56. The van der Waals surface area contributed by atoms with Crippen LogP contribution in [-0.2, 0) is 11.2 Å². The van der Waals surface area contributed by atoms with Gasteiger partial charge in [0, 0.05) is 57.6 Å². The summed E-state index contributed by atoms with van der Waals surface area (Å²) in [5, 5.41) is 15.6. The summed E-state index contributed by atoms with van der Waals surface area (Å²) in [5.41, 5.74) is 8.32. The molecule has 0 spiro atoms. The van der Waals surface area contributed by atoms with E-state index in [1.807, 2.05) is 4.90 Å². The van der Waals surface area contributed by atoms with Gasteiger partial charge in [0.25, 0.3) is 11.9 Å². The lowest BCUT2D eigenvalue weighted by Crippen LogP contribution is -2.61. The van der Waals surface area contributed by atoms with Crippen molar-refractivity contribution >= 4 is 17.6 Å². The molecule has 3 fully saturated rings. The predicted molar refractivity (Wildman–Crippen MR) is 132 cm³/mol. The first-order valence-electron chi connectivity index (χ1n) is 12.4. The molecule has 4 aliphatic rings. The second-order valence-electron chi connectivity index (χ2n) is 10.2. The molecule has 10 heteroatoms. The third-order valence-corrected chi connectivity index (χ3v) is 7.34. The zero-order chi connectivity index (χ0) is 25.2. The van der Waals surface area contributed by atoms with Crippen LogP contribution in [0.3, 0.4) is 0 Å². The Morgan fingerprint density at radius 2 is 1.80 bits per heavy atom. The summed E-state index contributed by atoms with van der Waals surface area (Å²) in [7, 11) is 0. The van der Waals surface area contributed by atoms with Crippen molar-refractivity contribution in [2.45, 2.75) is 70.0 Å². The zero-order valence-electron chi connectivity index (χ0n) is 20.5. The summed E-state index contributed by atoms with van der Waals surface area (Å²) >= 11 is 0. The van der Waals surface area contributed by atoms with Gasteiger partial charge in [-0.05, 0) is 31.7 Å². The standard InChI is InChI=1S/C23H32F2N6.C2H4O2/c1-16-2-4-17(5-3-16)10-19-13-30-15-23(24,25)12-20(30)14-31(19)18-6-8-29(9-7-18)22-11-21(26)27-28-22;1-2(3)4/h2-5,18-20H,6-15H2,1H3,(H2,26,27);1H3,(H,3,4)/t19-,20-;/m0./s1. The van der Waals surface area contributed by atoms with E-state index in [-0.39, 0.29) is 25.0 Å². The van der Waals surface area contributed by atoms with Crippen LogP contribution in [0.1, 0.15) is 43.7 Å². The molecule has 35 heavy (non-hydrogen) atoms. The van der Waals surface area contributed by atoms with Gasteiger partial charge in [0.1, 0.15) is 11.7 Å². The molecule has 0 unspecified atom stereocenters. The maximum absolute atomic E-state index is 14.2. The summed E-state index contributed by atoms with van der Waals surface area (Å²) < 4.78 is 28.3. The highest BCUT2D eigenvalue weighted by atomic mass is 19.3. The fraction of sp³-hybridized carbons (Fsp3) is 0.640. The molecular weight excluding hydrogens is 454 g/mol. The van der Waals surface area contributed by atoms with Crippen molar-refractivity contribution in [3.05, 3.63) is 35.4 Å². The van der Waals surface area contributed by atoms with E-state index in [4.69, 9.17) is 15.6 Å². The summed E-state index contributed by atoms with van der Waals surface area (Å²) in [5.74, 6) is -1.85. The molecular formula is C25H36F2N6O2. The molecule has 0 radical (unpaired) electrons. The van der Waals surface area contributed by atoms with Crippen LogP contribution in [0.25, 0.3) is 0 Å². The van der Waals surface area contributed by atoms with E-state index < -0.39 is 11.9 Å².